The summed E-state index contributed by atoms with van der Waals surface area (Å²) in [6, 6.07) is 0.0767. The first-order valence-corrected chi connectivity index (χ1v) is 5.76. The second-order valence-electron chi connectivity index (χ2n) is 4.03. The van der Waals surface area contributed by atoms with Crippen molar-refractivity contribution >= 4 is 0 Å². The zero-order valence-corrected chi connectivity index (χ0v) is 10.3. The fraction of sp³-hybridized carbons (Fsp3) is 0.545. The molecule has 1 N–H and O–H groups in total. The third-order valence-electron chi connectivity index (χ3n) is 2.48. The Morgan fingerprint density at radius 1 is 1.53 bits per heavy atom. The van der Waals surface area contributed by atoms with E-state index in [4.69, 9.17) is 4.52 Å². The van der Waals surface area contributed by atoms with E-state index in [0.717, 1.165) is 18.5 Å². The van der Waals surface area contributed by atoms with Gasteiger partial charge in [-0.2, -0.15) is 10.1 Å². The zero-order chi connectivity index (χ0) is 12.3. The number of nitrogens with one attached hydrogen (secondary N) is 1. The summed E-state index contributed by atoms with van der Waals surface area (Å²) in [7, 11) is 1.86. The van der Waals surface area contributed by atoms with Crippen LogP contribution < -0.4 is 5.32 Å². The Kier molecular flexibility index (Phi) is 3.53. The van der Waals surface area contributed by atoms with Gasteiger partial charge in [0.05, 0.1) is 17.8 Å². The molecule has 2 rings (SSSR count). The molecular formula is C11H17N5O. The molecule has 2 aromatic rings. The molecule has 0 aromatic carbocycles. The van der Waals surface area contributed by atoms with Gasteiger partial charge in [-0.25, -0.2) is 0 Å². The minimum absolute atomic E-state index is 0.0767. The molecule has 92 valence electrons. The van der Waals surface area contributed by atoms with Gasteiger partial charge in [-0.05, 0) is 19.9 Å². The molecule has 0 aliphatic carbocycles. The molecule has 1 unspecified atom stereocenters. The lowest BCUT2D eigenvalue weighted by Crippen LogP contribution is -2.19. The Morgan fingerprint density at radius 2 is 2.35 bits per heavy atom. The monoisotopic (exact) mass is 235 g/mol. The number of nitrogens with zero attached hydrogens (tertiary/aromatic N) is 4. The highest BCUT2D eigenvalue weighted by molar-refractivity contribution is 5.51. The van der Waals surface area contributed by atoms with Crippen molar-refractivity contribution in [2.45, 2.75) is 26.3 Å². The molecule has 6 nitrogen and oxygen atoms in total. The molecule has 0 radical (unpaired) electrons. The molecule has 0 amide bonds. The van der Waals surface area contributed by atoms with Crippen molar-refractivity contribution in [1.82, 2.24) is 25.2 Å². The van der Waals surface area contributed by atoms with Crippen molar-refractivity contribution in [3.8, 4) is 11.4 Å². The lowest BCUT2D eigenvalue weighted by atomic mass is 10.3. The minimum atomic E-state index is 0.0767. The zero-order valence-electron chi connectivity index (χ0n) is 10.3. The van der Waals surface area contributed by atoms with Gasteiger partial charge in [0.25, 0.3) is 0 Å². The van der Waals surface area contributed by atoms with E-state index in [1.165, 1.54) is 0 Å². The maximum atomic E-state index is 5.23. The second-order valence-corrected chi connectivity index (χ2v) is 4.03. The van der Waals surface area contributed by atoms with Gasteiger partial charge in [-0.15, -0.1) is 0 Å². The molecule has 0 aliphatic heterocycles. The first-order valence-electron chi connectivity index (χ1n) is 5.76. The molecule has 0 saturated heterocycles. The summed E-state index contributed by atoms with van der Waals surface area (Å²) in [6.45, 7) is 5.07. The standard InChI is InChI=1S/C11H17N5O/c1-4-5-12-8(2)11-14-10(15-17-11)9-6-13-16(3)7-9/h6-8,12H,4-5H2,1-3H3. The van der Waals surface area contributed by atoms with Gasteiger partial charge in [0, 0.05) is 13.2 Å². The van der Waals surface area contributed by atoms with Crippen molar-refractivity contribution < 1.29 is 4.52 Å². The second kappa shape index (κ2) is 5.09. The molecule has 1 atom stereocenters. The summed E-state index contributed by atoms with van der Waals surface area (Å²) < 4.78 is 6.94. The van der Waals surface area contributed by atoms with Crippen LogP contribution in [0, 0.1) is 0 Å². The van der Waals surface area contributed by atoms with Crippen molar-refractivity contribution in [1.29, 1.82) is 0 Å². The van der Waals surface area contributed by atoms with E-state index in [-0.39, 0.29) is 6.04 Å². The van der Waals surface area contributed by atoms with Gasteiger partial charge in [-0.1, -0.05) is 12.1 Å². The van der Waals surface area contributed by atoms with Crippen molar-refractivity contribution in [3.63, 3.8) is 0 Å². The summed E-state index contributed by atoms with van der Waals surface area (Å²) >= 11 is 0. The molecule has 0 spiro atoms. The Balaban J connectivity index is 2.10. The highest BCUT2D eigenvalue weighted by Crippen LogP contribution is 2.17. The summed E-state index contributed by atoms with van der Waals surface area (Å²) in [5.74, 6) is 1.19. The van der Waals surface area contributed by atoms with Crippen LogP contribution in [0.2, 0.25) is 0 Å². The van der Waals surface area contributed by atoms with Gasteiger partial charge in [0.1, 0.15) is 0 Å². The number of aromatic nitrogens is 4. The van der Waals surface area contributed by atoms with E-state index < -0.39 is 0 Å². The number of hydrogen-bond acceptors (Lipinski definition) is 5. The topological polar surface area (TPSA) is 68.8 Å². The highest BCUT2D eigenvalue weighted by atomic mass is 16.5. The van der Waals surface area contributed by atoms with Crippen molar-refractivity contribution in [2.75, 3.05) is 6.54 Å². The van der Waals surface area contributed by atoms with Gasteiger partial charge in [-0.3, -0.25) is 4.68 Å². The van der Waals surface area contributed by atoms with Crippen LogP contribution in [0.1, 0.15) is 32.2 Å². The molecule has 6 heteroatoms. The molecule has 0 bridgehead atoms. The predicted octanol–water partition coefficient (Wildman–Crippen LogP) is 1.53. The lowest BCUT2D eigenvalue weighted by molar-refractivity contribution is 0.340. The van der Waals surface area contributed by atoms with Gasteiger partial charge < -0.3 is 9.84 Å². The Hall–Kier alpha value is -1.69. The maximum absolute atomic E-state index is 5.23. The molecule has 2 aromatic heterocycles. The first-order chi connectivity index (χ1) is 8.20. The maximum Gasteiger partial charge on any atom is 0.243 e. The van der Waals surface area contributed by atoms with Crippen molar-refractivity contribution in [2.24, 2.45) is 7.05 Å². The summed E-state index contributed by atoms with van der Waals surface area (Å²) in [5, 5.41) is 11.3. The molecular weight excluding hydrogens is 218 g/mol. The average Bonchev–Trinajstić information content (AvgIpc) is 2.93. The van der Waals surface area contributed by atoms with Crippen LogP contribution in [0.15, 0.2) is 16.9 Å². The largest absolute Gasteiger partial charge is 0.337 e. The fourth-order valence-electron chi connectivity index (χ4n) is 1.51. The third-order valence-corrected chi connectivity index (χ3v) is 2.48. The normalized spacial score (nSPS) is 12.9. The SMILES string of the molecule is CCCNC(C)c1nc(-c2cnn(C)c2)no1. The number of aryl methyl sites for hydroxylation is 1. The van der Waals surface area contributed by atoms with E-state index >= 15 is 0 Å². The van der Waals surface area contributed by atoms with Crippen LogP contribution in [0.4, 0.5) is 0 Å². The van der Waals surface area contributed by atoms with Crippen LogP contribution in [-0.4, -0.2) is 26.5 Å². The van der Waals surface area contributed by atoms with E-state index in [9.17, 15) is 0 Å². The fourth-order valence-corrected chi connectivity index (χ4v) is 1.51. The average molecular weight is 235 g/mol. The number of hydrogen-bond donors (Lipinski definition) is 1. The van der Waals surface area contributed by atoms with Crippen LogP contribution >= 0.6 is 0 Å². The van der Waals surface area contributed by atoms with Gasteiger partial charge in [0.2, 0.25) is 11.7 Å². The van der Waals surface area contributed by atoms with Crippen LogP contribution in [0.25, 0.3) is 11.4 Å². The van der Waals surface area contributed by atoms with E-state index in [2.05, 4.69) is 27.5 Å². The van der Waals surface area contributed by atoms with Crippen LogP contribution in [-0.2, 0) is 7.05 Å². The quantitative estimate of drug-likeness (QED) is 0.851. The highest BCUT2D eigenvalue weighted by Gasteiger charge is 2.15. The van der Waals surface area contributed by atoms with E-state index in [1.54, 1.807) is 10.9 Å². The first kappa shape index (κ1) is 11.8. The lowest BCUT2D eigenvalue weighted by Gasteiger charge is -2.06. The predicted molar refractivity (Wildman–Crippen MR) is 63.2 cm³/mol. The smallest absolute Gasteiger partial charge is 0.243 e. The molecule has 0 fully saturated rings. The van der Waals surface area contributed by atoms with E-state index in [0.29, 0.717) is 11.7 Å². The summed E-state index contributed by atoms with van der Waals surface area (Å²) in [4.78, 5) is 4.35. The van der Waals surface area contributed by atoms with Crippen LogP contribution in [0.3, 0.4) is 0 Å². The Labute approximate surface area is 100 Å². The Morgan fingerprint density at radius 3 is 3.00 bits per heavy atom. The molecule has 0 saturated carbocycles. The van der Waals surface area contributed by atoms with Crippen molar-refractivity contribution in [3.05, 3.63) is 18.3 Å². The number of rotatable bonds is 5. The molecule has 17 heavy (non-hydrogen) atoms. The van der Waals surface area contributed by atoms with Gasteiger partial charge in [0.15, 0.2) is 0 Å². The van der Waals surface area contributed by atoms with Gasteiger partial charge >= 0.3 is 0 Å². The summed E-state index contributed by atoms with van der Waals surface area (Å²) in [6.07, 6.45) is 4.66. The minimum Gasteiger partial charge on any atom is -0.337 e. The van der Waals surface area contributed by atoms with Crippen LogP contribution in [0.5, 0.6) is 0 Å². The Bertz CT molecular complexity index is 476. The summed E-state index contributed by atoms with van der Waals surface area (Å²) in [5.41, 5.74) is 0.866. The molecule has 2 heterocycles. The van der Waals surface area contributed by atoms with E-state index in [1.807, 2.05) is 20.2 Å². The third kappa shape index (κ3) is 2.71. The molecule has 0 aliphatic rings.